The van der Waals surface area contributed by atoms with Gasteiger partial charge in [-0.1, -0.05) is 31.5 Å². The summed E-state index contributed by atoms with van der Waals surface area (Å²) in [5, 5.41) is 3.32. The average molecular weight is 357 g/mol. The molecular formula is C15H24Cl2F2N2O. The molecule has 0 spiro atoms. The molecule has 0 aromatic heterocycles. The Kier molecular flexibility index (Phi) is 10.7. The maximum Gasteiger partial charge on any atom is 0.387 e. The summed E-state index contributed by atoms with van der Waals surface area (Å²) in [6.45, 7) is 3.10. The molecule has 2 rings (SSSR count). The SMILES string of the molecule is CCC[C@H](c1ccccc1OC(F)F)N1CCNCC1.Cl.Cl. The van der Waals surface area contributed by atoms with Crippen molar-refractivity contribution in [2.45, 2.75) is 32.4 Å². The van der Waals surface area contributed by atoms with Gasteiger partial charge in [-0.3, -0.25) is 4.90 Å². The Morgan fingerprint density at radius 1 is 1.18 bits per heavy atom. The van der Waals surface area contributed by atoms with E-state index in [0.717, 1.165) is 44.6 Å². The molecule has 0 saturated carbocycles. The lowest BCUT2D eigenvalue weighted by molar-refractivity contribution is -0.0513. The Hall–Kier alpha value is -0.620. The molecule has 1 atom stereocenters. The topological polar surface area (TPSA) is 24.5 Å². The minimum atomic E-state index is -2.78. The first kappa shape index (κ1) is 21.4. The van der Waals surface area contributed by atoms with Crippen molar-refractivity contribution in [3.05, 3.63) is 29.8 Å². The van der Waals surface area contributed by atoms with E-state index in [0.29, 0.717) is 5.75 Å². The van der Waals surface area contributed by atoms with E-state index in [1.165, 1.54) is 0 Å². The van der Waals surface area contributed by atoms with Crippen molar-refractivity contribution in [2.75, 3.05) is 26.2 Å². The third-order valence-electron chi connectivity index (χ3n) is 3.65. The molecule has 0 radical (unpaired) electrons. The quantitative estimate of drug-likeness (QED) is 0.836. The summed E-state index contributed by atoms with van der Waals surface area (Å²) in [6.07, 6.45) is 1.96. The zero-order valence-electron chi connectivity index (χ0n) is 12.6. The Balaban J connectivity index is 0.00000220. The summed E-state index contributed by atoms with van der Waals surface area (Å²) >= 11 is 0. The molecule has 0 bridgehead atoms. The maximum atomic E-state index is 12.5. The van der Waals surface area contributed by atoms with Gasteiger partial charge in [0, 0.05) is 37.8 Å². The minimum Gasteiger partial charge on any atom is -0.434 e. The zero-order chi connectivity index (χ0) is 14.4. The highest BCUT2D eigenvalue weighted by Crippen LogP contribution is 2.33. The molecule has 0 aliphatic carbocycles. The maximum absolute atomic E-state index is 12.5. The molecule has 1 aromatic rings. The van der Waals surface area contributed by atoms with Crippen LogP contribution in [0.25, 0.3) is 0 Å². The summed E-state index contributed by atoms with van der Waals surface area (Å²) in [5.74, 6) is 0.305. The molecule has 3 nitrogen and oxygen atoms in total. The van der Waals surface area contributed by atoms with E-state index < -0.39 is 6.61 Å². The van der Waals surface area contributed by atoms with Gasteiger partial charge in [0.2, 0.25) is 0 Å². The van der Waals surface area contributed by atoms with Crippen LogP contribution in [0.4, 0.5) is 8.78 Å². The summed E-state index contributed by atoms with van der Waals surface area (Å²) < 4.78 is 29.8. The predicted octanol–water partition coefficient (Wildman–Crippen LogP) is 3.88. The molecule has 0 amide bonds. The first-order chi connectivity index (χ1) is 9.72. The number of nitrogens with zero attached hydrogens (tertiary/aromatic N) is 1. The Morgan fingerprint density at radius 2 is 1.82 bits per heavy atom. The van der Waals surface area contributed by atoms with Crippen LogP contribution in [0.15, 0.2) is 24.3 Å². The number of halogens is 4. The standard InChI is InChI=1S/C15H22F2N2O.2ClH/c1-2-5-13(19-10-8-18-9-11-19)12-6-3-4-7-14(12)20-15(16)17;;/h3-4,6-7,13,15,18H,2,5,8-11H2,1H3;2*1H/t13-;;/m1../s1. The van der Waals surface area contributed by atoms with Crippen molar-refractivity contribution in [3.63, 3.8) is 0 Å². The molecule has 1 fully saturated rings. The summed E-state index contributed by atoms with van der Waals surface area (Å²) in [6, 6.07) is 7.31. The largest absolute Gasteiger partial charge is 0.434 e. The Morgan fingerprint density at radius 3 is 2.41 bits per heavy atom. The lowest BCUT2D eigenvalue weighted by Crippen LogP contribution is -2.45. The van der Waals surface area contributed by atoms with Crippen LogP contribution >= 0.6 is 24.8 Å². The Bertz CT molecular complexity index is 418. The van der Waals surface area contributed by atoms with E-state index in [2.05, 4.69) is 21.9 Å². The van der Waals surface area contributed by atoms with Crippen molar-refractivity contribution < 1.29 is 13.5 Å². The Labute approximate surface area is 143 Å². The number of piperazine rings is 1. The van der Waals surface area contributed by atoms with E-state index in [1.54, 1.807) is 12.1 Å². The van der Waals surface area contributed by atoms with Crippen LogP contribution in [0, 0.1) is 0 Å². The van der Waals surface area contributed by atoms with Gasteiger partial charge < -0.3 is 10.1 Å². The molecule has 1 aliphatic heterocycles. The highest BCUT2D eigenvalue weighted by molar-refractivity contribution is 5.85. The van der Waals surface area contributed by atoms with Gasteiger partial charge in [-0.05, 0) is 12.5 Å². The molecule has 22 heavy (non-hydrogen) atoms. The van der Waals surface area contributed by atoms with E-state index >= 15 is 0 Å². The zero-order valence-corrected chi connectivity index (χ0v) is 14.3. The van der Waals surface area contributed by atoms with Gasteiger partial charge in [0.15, 0.2) is 0 Å². The molecule has 128 valence electrons. The van der Waals surface area contributed by atoms with E-state index in [1.807, 2.05) is 12.1 Å². The van der Waals surface area contributed by atoms with Crippen LogP contribution < -0.4 is 10.1 Å². The number of hydrogen-bond donors (Lipinski definition) is 1. The van der Waals surface area contributed by atoms with Crippen molar-refractivity contribution in [2.24, 2.45) is 0 Å². The normalized spacial score (nSPS) is 16.5. The molecule has 1 saturated heterocycles. The predicted molar refractivity (Wildman–Crippen MR) is 89.7 cm³/mol. The number of nitrogens with one attached hydrogen (secondary N) is 1. The molecule has 1 aromatic carbocycles. The van der Waals surface area contributed by atoms with Crippen LogP contribution in [0.2, 0.25) is 0 Å². The van der Waals surface area contributed by atoms with Crippen molar-refractivity contribution in [3.8, 4) is 5.75 Å². The minimum absolute atomic E-state index is 0. The smallest absolute Gasteiger partial charge is 0.387 e. The van der Waals surface area contributed by atoms with Gasteiger partial charge in [0.05, 0.1) is 0 Å². The fraction of sp³-hybridized carbons (Fsp3) is 0.600. The van der Waals surface area contributed by atoms with Crippen molar-refractivity contribution in [1.29, 1.82) is 0 Å². The van der Waals surface area contributed by atoms with Crippen LogP contribution in [0.1, 0.15) is 31.4 Å². The van der Waals surface area contributed by atoms with E-state index in [-0.39, 0.29) is 30.9 Å². The summed E-state index contributed by atoms with van der Waals surface area (Å²) in [5.41, 5.74) is 0.872. The fourth-order valence-corrected chi connectivity index (χ4v) is 2.76. The number of benzene rings is 1. The molecule has 7 heteroatoms. The van der Waals surface area contributed by atoms with Gasteiger partial charge in [0.25, 0.3) is 0 Å². The third kappa shape index (κ3) is 5.88. The summed E-state index contributed by atoms with van der Waals surface area (Å²) in [7, 11) is 0. The number of hydrogen-bond acceptors (Lipinski definition) is 3. The van der Waals surface area contributed by atoms with Crippen molar-refractivity contribution >= 4 is 24.8 Å². The van der Waals surface area contributed by atoms with Crippen LogP contribution in [-0.2, 0) is 0 Å². The van der Waals surface area contributed by atoms with Gasteiger partial charge >= 0.3 is 6.61 Å². The second-order valence-corrected chi connectivity index (χ2v) is 5.01. The first-order valence-electron chi connectivity index (χ1n) is 7.21. The van der Waals surface area contributed by atoms with Crippen molar-refractivity contribution in [1.82, 2.24) is 10.2 Å². The second kappa shape index (κ2) is 11.0. The van der Waals surface area contributed by atoms with E-state index in [4.69, 9.17) is 0 Å². The van der Waals surface area contributed by atoms with Crippen LogP contribution in [0.3, 0.4) is 0 Å². The number of ether oxygens (including phenoxy) is 1. The van der Waals surface area contributed by atoms with Crippen LogP contribution in [-0.4, -0.2) is 37.7 Å². The summed E-state index contributed by atoms with van der Waals surface area (Å²) in [4.78, 5) is 2.35. The number of alkyl halides is 2. The molecule has 1 N–H and O–H groups in total. The van der Waals surface area contributed by atoms with Gasteiger partial charge in [0.1, 0.15) is 5.75 Å². The van der Waals surface area contributed by atoms with Gasteiger partial charge in [-0.25, -0.2) is 0 Å². The number of para-hydroxylation sites is 1. The third-order valence-corrected chi connectivity index (χ3v) is 3.65. The van der Waals surface area contributed by atoms with Gasteiger partial charge in [-0.2, -0.15) is 8.78 Å². The highest BCUT2D eigenvalue weighted by Gasteiger charge is 2.24. The molecule has 1 heterocycles. The molecular weight excluding hydrogens is 333 g/mol. The molecule has 1 aliphatic rings. The fourth-order valence-electron chi connectivity index (χ4n) is 2.76. The lowest BCUT2D eigenvalue weighted by atomic mass is 9.99. The highest BCUT2D eigenvalue weighted by atomic mass is 35.5. The number of rotatable bonds is 6. The van der Waals surface area contributed by atoms with E-state index in [9.17, 15) is 8.78 Å². The lowest BCUT2D eigenvalue weighted by Gasteiger charge is -2.35. The van der Waals surface area contributed by atoms with Gasteiger partial charge in [-0.15, -0.1) is 24.8 Å². The monoisotopic (exact) mass is 356 g/mol. The first-order valence-corrected chi connectivity index (χ1v) is 7.21. The second-order valence-electron chi connectivity index (χ2n) is 5.01. The van der Waals surface area contributed by atoms with Crippen LogP contribution in [0.5, 0.6) is 5.75 Å². The molecule has 0 unspecified atom stereocenters. The average Bonchev–Trinajstić information content (AvgIpc) is 2.46.